The average molecular weight is 418 g/mol. The highest BCUT2D eigenvalue weighted by Gasteiger charge is 2.29. The predicted octanol–water partition coefficient (Wildman–Crippen LogP) is 3.72. The van der Waals surface area contributed by atoms with Crippen molar-refractivity contribution in [3.8, 4) is 30.4 Å². The van der Waals surface area contributed by atoms with Crippen molar-refractivity contribution in [3.63, 3.8) is 0 Å². The summed E-state index contributed by atoms with van der Waals surface area (Å²) in [7, 11) is 1.53. The summed E-state index contributed by atoms with van der Waals surface area (Å²) in [6.07, 6.45) is 13.5. The molecule has 0 aliphatic rings. The molecule has 0 fully saturated rings. The Labute approximate surface area is 179 Å². The minimum absolute atomic E-state index is 0.0647. The lowest BCUT2D eigenvalue weighted by molar-refractivity contribution is -0.156. The van der Waals surface area contributed by atoms with Crippen LogP contribution in [0, 0.1) is 42.4 Å². The second-order valence-corrected chi connectivity index (χ2v) is 8.03. The first-order valence-electron chi connectivity index (χ1n) is 9.27. The molecule has 1 heterocycles. The van der Waals surface area contributed by atoms with Crippen LogP contribution < -0.4 is 4.89 Å². The van der Waals surface area contributed by atoms with Crippen LogP contribution in [-0.2, 0) is 32.3 Å². The number of rotatable bonds is 9. The zero-order valence-electron chi connectivity index (χ0n) is 18.6. The molecule has 0 aliphatic carbocycles. The highest BCUT2D eigenvalue weighted by Crippen LogP contribution is 2.28. The van der Waals surface area contributed by atoms with Gasteiger partial charge >= 0.3 is 5.97 Å². The van der Waals surface area contributed by atoms with Crippen LogP contribution >= 0.6 is 0 Å². The summed E-state index contributed by atoms with van der Waals surface area (Å²) in [5.41, 5.74) is 0.561. The third kappa shape index (κ3) is 8.65. The highest BCUT2D eigenvalue weighted by atomic mass is 17.1. The predicted molar refractivity (Wildman–Crippen MR) is 113 cm³/mol. The van der Waals surface area contributed by atoms with E-state index < -0.39 is 11.4 Å². The van der Waals surface area contributed by atoms with Crippen LogP contribution in [0.5, 0.6) is 5.75 Å². The molecule has 0 saturated heterocycles. The summed E-state index contributed by atoms with van der Waals surface area (Å²) in [6, 6.07) is 0. The van der Waals surface area contributed by atoms with Crippen LogP contribution in [-0.4, -0.2) is 29.6 Å². The van der Waals surface area contributed by atoms with Crippen molar-refractivity contribution in [1.29, 1.82) is 0 Å². The maximum absolute atomic E-state index is 12.1. The number of aryl methyl sites for hydroxylation is 1. The first kappa shape index (κ1) is 27.1. The number of methoxy groups -OCH3 is 1. The van der Waals surface area contributed by atoms with Gasteiger partial charge < -0.3 is 19.2 Å². The van der Waals surface area contributed by atoms with Gasteiger partial charge in [-0.3, -0.25) is 9.78 Å². The molecular formula is C23H31NO6. The average Bonchev–Trinajstić information content (AvgIpc) is 2.68. The number of aldehydes is 1. The molecule has 7 heteroatoms. The maximum Gasteiger partial charge on any atom is 0.312 e. The largest absolute Gasteiger partial charge is 0.460 e. The molecule has 0 spiro atoms. The van der Waals surface area contributed by atoms with E-state index in [2.05, 4.69) is 21.7 Å². The van der Waals surface area contributed by atoms with E-state index in [1.165, 1.54) is 7.11 Å². The van der Waals surface area contributed by atoms with E-state index in [0.717, 1.165) is 6.29 Å². The summed E-state index contributed by atoms with van der Waals surface area (Å²) in [4.78, 5) is 30.7. The molecule has 0 bridgehead atoms. The standard InChI is InChI=1S/C16H21NO5.C7H10O/c1-6-7-16(3,4)15(18)21-10-13-12(9-20-5)8-17-11(2)14(13)22-19;1-4-5-7(2,3)6-8/h1,8,19H,7,9-10H2,2-5H3;1,6H,5H2,2-3H3. The zero-order chi connectivity index (χ0) is 23.4. The second kappa shape index (κ2) is 12.6. The van der Waals surface area contributed by atoms with Crippen LogP contribution in [0.3, 0.4) is 0 Å². The fourth-order valence-electron chi connectivity index (χ4n) is 2.20. The first-order valence-corrected chi connectivity index (χ1v) is 9.27. The van der Waals surface area contributed by atoms with Crippen LogP contribution in [0.15, 0.2) is 6.20 Å². The van der Waals surface area contributed by atoms with Gasteiger partial charge in [0.15, 0.2) is 5.75 Å². The molecule has 0 unspecified atom stereocenters. The van der Waals surface area contributed by atoms with Gasteiger partial charge in [-0.15, -0.1) is 24.7 Å². The Bertz CT molecular complexity index is 799. The SMILES string of the molecule is C#CCC(C)(C)C(=O)OCc1c(COC)cnc(C)c1OO.C#CCC(C)(C)C=O. The van der Waals surface area contributed by atoms with Crippen LogP contribution in [0.1, 0.15) is 57.4 Å². The highest BCUT2D eigenvalue weighted by molar-refractivity contribution is 5.76. The van der Waals surface area contributed by atoms with Crippen molar-refractivity contribution in [2.75, 3.05) is 7.11 Å². The minimum Gasteiger partial charge on any atom is -0.460 e. The molecule has 1 N–H and O–H groups in total. The third-order valence-electron chi connectivity index (χ3n) is 4.12. The molecule has 164 valence electrons. The van der Waals surface area contributed by atoms with Gasteiger partial charge in [0.05, 0.1) is 17.7 Å². The van der Waals surface area contributed by atoms with Crippen molar-refractivity contribution in [2.24, 2.45) is 10.8 Å². The lowest BCUT2D eigenvalue weighted by Crippen LogP contribution is -2.26. The monoisotopic (exact) mass is 417 g/mol. The van der Waals surface area contributed by atoms with Crippen molar-refractivity contribution < 1.29 is 29.2 Å². The van der Waals surface area contributed by atoms with Crippen molar-refractivity contribution in [1.82, 2.24) is 4.98 Å². The van der Waals surface area contributed by atoms with E-state index >= 15 is 0 Å². The number of hydrogen-bond acceptors (Lipinski definition) is 7. The van der Waals surface area contributed by atoms with E-state index in [1.807, 2.05) is 13.8 Å². The van der Waals surface area contributed by atoms with E-state index in [0.29, 0.717) is 23.2 Å². The quantitative estimate of drug-likeness (QED) is 0.215. The van der Waals surface area contributed by atoms with Gasteiger partial charge in [0.25, 0.3) is 0 Å². The van der Waals surface area contributed by atoms with Crippen molar-refractivity contribution >= 4 is 12.3 Å². The fraction of sp³-hybridized carbons (Fsp3) is 0.522. The van der Waals surface area contributed by atoms with E-state index in [4.69, 9.17) is 27.6 Å². The number of esters is 1. The van der Waals surface area contributed by atoms with E-state index in [-0.39, 0.29) is 30.8 Å². The Hall–Kier alpha value is -2.87. The molecular weight excluding hydrogens is 386 g/mol. The molecule has 1 aromatic heterocycles. The first-order chi connectivity index (χ1) is 14.0. The minimum atomic E-state index is -0.779. The van der Waals surface area contributed by atoms with Gasteiger partial charge in [-0.25, -0.2) is 5.26 Å². The topological polar surface area (TPSA) is 95.0 Å². The number of nitrogens with zero attached hydrogens (tertiary/aromatic N) is 1. The number of carbonyl (C=O) groups is 2. The molecule has 30 heavy (non-hydrogen) atoms. The second-order valence-electron chi connectivity index (χ2n) is 8.03. The van der Waals surface area contributed by atoms with E-state index in [1.54, 1.807) is 27.0 Å². The Morgan fingerprint density at radius 3 is 2.23 bits per heavy atom. The molecule has 1 aromatic rings. The number of terminal acetylenes is 2. The van der Waals surface area contributed by atoms with Crippen LogP contribution in [0.25, 0.3) is 0 Å². The number of hydrogen-bond donors (Lipinski definition) is 1. The normalized spacial score (nSPS) is 10.7. The summed E-state index contributed by atoms with van der Waals surface area (Å²) >= 11 is 0. The van der Waals surface area contributed by atoms with Crippen molar-refractivity contribution in [2.45, 2.75) is 60.7 Å². The zero-order valence-corrected chi connectivity index (χ0v) is 18.6. The number of aromatic nitrogens is 1. The van der Waals surface area contributed by atoms with Crippen LogP contribution in [0.4, 0.5) is 0 Å². The number of ether oxygens (including phenoxy) is 2. The molecule has 1 rings (SSSR count). The van der Waals surface area contributed by atoms with Gasteiger partial charge in [0, 0.05) is 42.7 Å². The Morgan fingerprint density at radius 2 is 1.80 bits per heavy atom. The number of pyridine rings is 1. The summed E-state index contributed by atoms with van der Waals surface area (Å²) in [6.45, 7) is 8.93. The molecule has 7 nitrogen and oxygen atoms in total. The smallest absolute Gasteiger partial charge is 0.312 e. The fourth-order valence-corrected chi connectivity index (χ4v) is 2.20. The van der Waals surface area contributed by atoms with Gasteiger partial charge in [0.1, 0.15) is 12.9 Å². The Morgan fingerprint density at radius 1 is 1.20 bits per heavy atom. The van der Waals surface area contributed by atoms with Gasteiger partial charge in [-0.05, 0) is 20.8 Å². The molecule has 0 amide bonds. The van der Waals surface area contributed by atoms with Gasteiger partial charge in [-0.1, -0.05) is 13.8 Å². The summed E-state index contributed by atoms with van der Waals surface area (Å²) in [5, 5.41) is 9.05. The Balaban J connectivity index is 0.000000890. The maximum atomic E-state index is 12.1. The molecule has 0 saturated carbocycles. The van der Waals surface area contributed by atoms with Crippen LogP contribution in [0.2, 0.25) is 0 Å². The Kier molecular flexibility index (Phi) is 11.4. The summed E-state index contributed by atoms with van der Waals surface area (Å²) < 4.78 is 10.4. The molecule has 0 aromatic carbocycles. The summed E-state index contributed by atoms with van der Waals surface area (Å²) in [5.74, 6) is 4.62. The van der Waals surface area contributed by atoms with E-state index in [9.17, 15) is 9.59 Å². The lowest BCUT2D eigenvalue weighted by atomic mass is 9.90. The van der Waals surface area contributed by atoms with Crippen molar-refractivity contribution in [3.05, 3.63) is 23.0 Å². The van der Waals surface area contributed by atoms with Gasteiger partial charge in [0.2, 0.25) is 0 Å². The molecule has 0 atom stereocenters. The third-order valence-corrected chi connectivity index (χ3v) is 4.12. The lowest BCUT2D eigenvalue weighted by Gasteiger charge is -2.21. The molecule has 0 radical (unpaired) electrons. The van der Waals surface area contributed by atoms with Gasteiger partial charge in [-0.2, -0.15) is 0 Å². The number of carbonyl (C=O) groups excluding carboxylic acids is 2. The molecule has 0 aliphatic heterocycles.